The van der Waals surface area contributed by atoms with E-state index in [0.717, 1.165) is 10.5 Å². The minimum absolute atomic E-state index is 0.0155. The lowest BCUT2D eigenvalue weighted by Gasteiger charge is -2.19. The van der Waals surface area contributed by atoms with Gasteiger partial charge in [-0.3, -0.25) is 19.8 Å². The van der Waals surface area contributed by atoms with Crippen LogP contribution in [0.2, 0.25) is 0 Å². The van der Waals surface area contributed by atoms with Crippen LogP contribution in [-0.2, 0) is 37.0 Å². The van der Waals surface area contributed by atoms with Crippen LogP contribution in [0.1, 0.15) is 17.5 Å². The number of cyclic esters (lactones) is 1. The van der Waals surface area contributed by atoms with Crippen LogP contribution in [0.3, 0.4) is 0 Å². The fourth-order valence-corrected chi connectivity index (χ4v) is 2.72. The Labute approximate surface area is 171 Å². The first kappa shape index (κ1) is 20.8. The molecule has 10 heteroatoms. The Morgan fingerprint density at radius 3 is 2.33 bits per heavy atom. The highest BCUT2D eigenvalue weighted by Crippen LogP contribution is 2.18. The second-order valence-electron chi connectivity index (χ2n) is 6.41. The molecule has 0 spiro atoms. The minimum atomic E-state index is -1.14. The van der Waals surface area contributed by atoms with Gasteiger partial charge in [0.05, 0.1) is 11.3 Å². The summed E-state index contributed by atoms with van der Waals surface area (Å²) < 4.78 is 15.1. The molecule has 1 amide bonds. The van der Waals surface area contributed by atoms with Crippen LogP contribution < -0.4 is 0 Å². The molecule has 30 heavy (non-hydrogen) atoms. The average molecular weight is 414 g/mol. The largest absolute Gasteiger partial charge is 0.461 e. The van der Waals surface area contributed by atoms with Gasteiger partial charge in [-0.1, -0.05) is 30.3 Å². The summed E-state index contributed by atoms with van der Waals surface area (Å²) in [6, 6.07) is 13.4. The van der Waals surface area contributed by atoms with Gasteiger partial charge in [0.25, 0.3) is 5.69 Å². The topological polar surface area (TPSA) is 125 Å². The lowest BCUT2D eigenvalue weighted by molar-refractivity contribution is -0.384. The maximum Gasteiger partial charge on any atom is 0.413 e. The second-order valence-corrected chi connectivity index (χ2v) is 6.41. The summed E-state index contributed by atoms with van der Waals surface area (Å²) in [5.74, 6) is -1.45. The summed E-state index contributed by atoms with van der Waals surface area (Å²) in [7, 11) is 0. The maximum atomic E-state index is 12.3. The molecular formula is C20H18N2O8. The van der Waals surface area contributed by atoms with E-state index in [1.54, 1.807) is 24.3 Å². The van der Waals surface area contributed by atoms with E-state index in [1.165, 1.54) is 24.3 Å². The van der Waals surface area contributed by atoms with E-state index in [1.807, 2.05) is 6.07 Å². The van der Waals surface area contributed by atoms with E-state index in [9.17, 15) is 24.5 Å². The molecule has 0 radical (unpaired) electrons. The first-order valence-corrected chi connectivity index (χ1v) is 8.97. The SMILES string of the molecule is O=C(CC1C(=O)OCN1C(=O)OCc1ccccc1)OCc1ccc([N+](=O)[O-])cc1. The van der Waals surface area contributed by atoms with Crippen molar-refractivity contribution in [2.24, 2.45) is 0 Å². The number of amides is 1. The van der Waals surface area contributed by atoms with E-state index < -0.39 is 35.4 Å². The number of ether oxygens (including phenoxy) is 3. The lowest BCUT2D eigenvalue weighted by Crippen LogP contribution is -2.40. The summed E-state index contributed by atoms with van der Waals surface area (Å²) in [6.45, 7) is -0.425. The highest BCUT2D eigenvalue weighted by molar-refractivity contribution is 5.88. The van der Waals surface area contributed by atoms with Gasteiger partial charge in [0.2, 0.25) is 0 Å². The van der Waals surface area contributed by atoms with Crippen LogP contribution in [0.15, 0.2) is 54.6 Å². The standard InChI is InChI=1S/C20H18N2O8/c23-18(28-11-15-6-8-16(9-7-15)22(26)27)10-17-19(24)30-13-21(17)20(25)29-12-14-4-2-1-3-5-14/h1-9,17H,10-13H2. The van der Waals surface area contributed by atoms with Gasteiger partial charge in [0.1, 0.15) is 19.3 Å². The van der Waals surface area contributed by atoms with Gasteiger partial charge in [0, 0.05) is 12.1 Å². The number of nitro benzene ring substituents is 1. The molecule has 1 aliphatic rings. The van der Waals surface area contributed by atoms with Crippen molar-refractivity contribution in [2.75, 3.05) is 6.73 Å². The van der Waals surface area contributed by atoms with Crippen molar-refractivity contribution in [1.82, 2.24) is 4.90 Å². The van der Waals surface area contributed by atoms with Crippen LogP contribution in [0.4, 0.5) is 10.5 Å². The molecule has 156 valence electrons. The van der Waals surface area contributed by atoms with Gasteiger partial charge < -0.3 is 14.2 Å². The summed E-state index contributed by atoms with van der Waals surface area (Å²) in [5.41, 5.74) is 1.24. The number of carbonyl (C=O) groups is 3. The fourth-order valence-electron chi connectivity index (χ4n) is 2.72. The molecule has 0 aliphatic carbocycles. The zero-order valence-electron chi connectivity index (χ0n) is 15.8. The molecule has 1 saturated heterocycles. The van der Waals surface area contributed by atoms with Crippen LogP contribution in [0, 0.1) is 10.1 Å². The van der Waals surface area contributed by atoms with Gasteiger partial charge in [0.15, 0.2) is 6.73 Å². The number of esters is 2. The van der Waals surface area contributed by atoms with Gasteiger partial charge in [-0.25, -0.2) is 9.59 Å². The molecule has 0 saturated carbocycles. The number of non-ortho nitro benzene ring substituents is 1. The van der Waals surface area contributed by atoms with Crippen molar-refractivity contribution in [1.29, 1.82) is 0 Å². The predicted molar refractivity (Wildman–Crippen MR) is 101 cm³/mol. The Bertz CT molecular complexity index is 930. The smallest absolute Gasteiger partial charge is 0.413 e. The molecule has 0 aromatic heterocycles. The Kier molecular flexibility index (Phi) is 6.58. The first-order chi connectivity index (χ1) is 14.4. The van der Waals surface area contributed by atoms with Gasteiger partial charge in [-0.2, -0.15) is 0 Å². The van der Waals surface area contributed by atoms with E-state index >= 15 is 0 Å². The summed E-state index contributed by atoms with van der Waals surface area (Å²) in [5, 5.41) is 10.6. The maximum absolute atomic E-state index is 12.3. The highest BCUT2D eigenvalue weighted by atomic mass is 16.6. The summed E-state index contributed by atoms with van der Waals surface area (Å²) >= 11 is 0. The number of hydrogen-bond donors (Lipinski definition) is 0. The molecule has 10 nitrogen and oxygen atoms in total. The molecule has 3 rings (SSSR count). The zero-order valence-corrected chi connectivity index (χ0v) is 15.8. The zero-order chi connectivity index (χ0) is 21.5. The highest BCUT2D eigenvalue weighted by Gasteiger charge is 2.40. The molecule has 1 aliphatic heterocycles. The molecule has 1 heterocycles. The third-order valence-corrected chi connectivity index (χ3v) is 4.34. The average Bonchev–Trinajstić information content (AvgIpc) is 3.11. The van der Waals surface area contributed by atoms with Gasteiger partial charge >= 0.3 is 18.0 Å². The molecule has 2 aromatic rings. The Morgan fingerprint density at radius 2 is 1.67 bits per heavy atom. The fraction of sp³-hybridized carbons (Fsp3) is 0.250. The second kappa shape index (κ2) is 9.50. The van der Waals surface area contributed by atoms with Crippen LogP contribution in [0.25, 0.3) is 0 Å². The Morgan fingerprint density at radius 1 is 1.03 bits per heavy atom. The third-order valence-electron chi connectivity index (χ3n) is 4.34. The van der Waals surface area contributed by atoms with Crippen molar-refractivity contribution < 1.29 is 33.5 Å². The number of hydrogen-bond acceptors (Lipinski definition) is 8. The molecular weight excluding hydrogens is 396 g/mol. The molecule has 0 bridgehead atoms. The number of rotatable bonds is 7. The Hall–Kier alpha value is -3.95. The third kappa shape index (κ3) is 5.31. The lowest BCUT2D eigenvalue weighted by atomic mass is 10.2. The van der Waals surface area contributed by atoms with Crippen LogP contribution >= 0.6 is 0 Å². The molecule has 1 unspecified atom stereocenters. The van der Waals surface area contributed by atoms with Gasteiger partial charge in [-0.05, 0) is 23.3 Å². The van der Waals surface area contributed by atoms with Gasteiger partial charge in [-0.15, -0.1) is 0 Å². The van der Waals surface area contributed by atoms with Crippen molar-refractivity contribution in [2.45, 2.75) is 25.7 Å². The number of carbonyl (C=O) groups excluding carboxylic acids is 3. The van der Waals surface area contributed by atoms with Crippen LogP contribution in [-0.4, -0.2) is 40.6 Å². The molecule has 1 atom stereocenters. The number of nitro groups is 1. The molecule has 2 aromatic carbocycles. The predicted octanol–water partition coefficient (Wildman–Crippen LogP) is 2.55. The normalized spacial score (nSPS) is 15.4. The molecule has 0 N–H and O–H groups in total. The minimum Gasteiger partial charge on any atom is -0.461 e. The van der Waals surface area contributed by atoms with E-state index in [-0.39, 0.29) is 25.6 Å². The summed E-state index contributed by atoms with van der Waals surface area (Å²) in [4.78, 5) is 47.5. The van der Waals surface area contributed by atoms with Crippen molar-refractivity contribution in [3.8, 4) is 0 Å². The number of benzene rings is 2. The van der Waals surface area contributed by atoms with Crippen molar-refractivity contribution >= 4 is 23.7 Å². The van der Waals surface area contributed by atoms with Crippen molar-refractivity contribution in [3.63, 3.8) is 0 Å². The quantitative estimate of drug-likeness (QED) is 0.293. The van der Waals surface area contributed by atoms with Crippen molar-refractivity contribution in [3.05, 3.63) is 75.8 Å². The summed E-state index contributed by atoms with van der Waals surface area (Å²) in [6.07, 6.45) is -1.18. The van der Waals surface area contributed by atoms with Crippen LogP contribution in [0.5, 0.6) is 0 Å². The number of nitrogens with zero attached hydrogens (tertiary/aromatic N) is 2. The van der Waals surface area contributed by atoms with E-state index in [0.29, 0.717) is 5.56 Å². The first-order valence-electron chi connectivity index (χ1n) is 8.97. The molecule has 1 fully saturated rings. The van der Waals surface area contributed by atoms with E-state index in [4.69, 9.17) is 14.2 Å². The Balaban J connectivity index is 1.51. The van der Waals surface area contributed by atoms with E-state index in [2.05, 4.69) is 0 Å². The monoisotopic (exact) mass is 414 g/mol.